The van der Waals surface area contributed by atoms with Crippen LogP contribution in [0.1, 0.15) is 23.8 Å². The molecule has 0 aliphatic carbocycles. The van der Waals surface area contributed by atoms with Gasteiger partial charge in [0.1, 0.15) is 0 Å². The number of carbonyl (C=O) groups excluding carboxylic acids is 1. The van der Waals surface area contributed by atoms with Crippen LogP contribution in [0.5, 0.6) is 0 Å². The summed E-state index contributed by atoms with van der Waals surface area (Å²) in [4.78, 5) is 15.9. The number of aromatic nitrogens is 3. The molecule has 6 nitrogen and oxygen atoms in total. The summed E-state index contributed by atoms with van der Waals surface area (Å²) < 4.78 is 6.77. The van der Waals surface area contributed by atoms with Crippen molar-refractivity contribution in [1.82, 2.24) is 19.9 Å². The van der Waals surface area contributed by atoms with Gasteiger partial charge in [-0.15, -0.1) is 0 Å². The average Bonchev–Trinajstić information content (AvgIpc) is 2.82. The van der Waals surface area contributed by atoms with E-state index < -0.39 is 0 Å². The maximum absolute atomic E-state index is 11.8. The molecule has 0 atom stereocenters. The molecular formula is C12H16N4O2. The minimum atomic E-state index is -0.183. The molecule has 0 saturated heterocycles. The first-order valence-electron chi connectivity index (χ1n) is 5.97. The Morgan fingerprint density at radius 3 is 3.22 bits per heavy atom. The minimum absolute atomic E-state index is 0.183. The van der Waals surface area contributed by atoms with Crippen molar-refractivity contribution >= 4 is 11.6 Å². The molecule has 0 unspecified atom stereocenters. The normalized spacial score (nSPS) is 10.7. The van der Waals surface area contributed by atoms with Gasteiger partial charge < -0.3 is 10.1 Å². The number of fused-ring (bicyclic) bond motifs is 1. The Balaban J connectivity index is 1.88. The lowest BCUT2D eigenvalue weighted by Crippen LogP contribution is -2.25. The maximum Gasteiger partial charge on any atom is 0.271 e. The van der Waals surface area contributed by atoms with E-state index in [-0.39, 0.29) is 5.91 Å². The number of hydrogen-bond donors (Lipinski definition) is 1. The Hall–Kier alpha value is -1.95. The fourth-order valence-electron chi connectivity index (χ4n) is 1.55. The summed E-state index contributed by atoms with van der Waals surface area (Å²) >= 11 is 0. The number of rotatable bonds is 6. The highest BCUT2D eigenvalue weighted by Crippen LogP contribution is 2.02. The molecule has 2 heterocycles. The molecule has 2 rings (SSSR count). The molecule has 0 spiro atoms. The summed E-state index contributed by atoms with van der Waals surface area (Å²) in [6.45, 7) is 3.89. The molecule has 2 aromatic heterocycles. The van der Waals surface area contributed by atoms with Gasteiger partial charge in [-0.05, 0) is 19.4 Å². The molecule has 1 N–H and O–H groups in total. The first kappa shape index (κ1) is 12.5. The van der Waals surface area contributed by atoms with Crippen molar-refractivity contribution < 1.29 is 9.53 Å². The van der Waals surface area contributed by atoms with Crippen LogP contribution in [0.3, 0.4) is 0 Å². The van der Waals surface area contributed by atoms with E-state index >= 15 is 0 Å². The Bertz CT molecular complexity index is 491. The molecule has 1 amide bonds. The van der Waals surface area contributed by atoms with E-state index in [1.165, 1.54) is 0 Å². The summed E-state index contributed by atoms with van der Waals surface area (Å²) in [6, 6.07) is 3.43. The highest BCUT2D eigenvalue weighted by molar-refractivity contribution is 5.93. The fraction of sp³-hybridized carbons (Fsp3) is 0.417. The Kier molecular flexibility index (Phi) is 4.25. The van der Waals surface area contributed by atoms with Gasteiger partial charge in [0.2, 0.25) is 0 Å². The van der Waals surface area contributed by atoms with Crippen LogP contribution in [0.4, 0.5) is 0 Å². The monoisotopic (exact) mass is 248 g/mol. The van der Waals surface area contributed by atoms with Crippen molar-refractivity contribution in [2.75, 3.05) is 19.8 Å². The second-order valence-corrected chi connectivity index (χ2v) is 3.76. The van der Waals surface area contributed by atoms with Crippen LogP contribution in [-0.2, 0) is 4.74 Å². The third-order valence-electron chi connectivity index (χ3n) is 2.42. The van der Waals surface area contributed by atoms with Gasteiger partial charge in [-0.25, -0.2) is 9.50 Å². The third-order valence-corrected chi connectivity index (χ3v) is 2.42. The molecule has 96 valence electrons. The molecule has 6 heteroatoms. The second kappa shape index (κ2) is 6.11. The van der Waals surface area contributed by atoms with Crippen molar-refractivity contribution in [3.63, 3.8) is 0 Å². The second-order valence-electron chi connectivity index (χ2n) is 3.76. The lowest BCUT2D eigenvalue weighted by Gasteiger charge is -2.02. The van der Waals surface area contributed by atoms with Crippen molar-refractivity contribution in [3.05, 3.63) is 30.2 Å². The smallest absolute Gasteiger partial charge is 0.271 e. The van der Waals surface area contributed by atoms with Crippen LogP contribution < -0.4 is 5.32 Å². The van der Waals surface area contributed by atoms with Crippen molar-refractivity contribution in [3.8, 4) is 0 Å². The molecule has 0 aromatic carbocycles. The number of ether oxygens (including phenoxy) is 1. The van der Waals surface area contributed by atoms with E-state index in [2.05, 4.69) is 15.4 Å². The van der Waals surface area contributed by atoms with Crippen molar-refractivity contribution in [2.24, 2.45) is 0 Å². The molecule has 2 aromatic rings. The SMILES string of the molecule is CCOCCCNC(=O)c1cc2ncccn2n1. The predicted molar refractivity (Wildman–Crippen MR) is 66.4 cm³/mol. The zero-order valence-corrected chi connectivity index (χ0v) is 10.3. The highest BCUT2D eigenvalue weighted by Gasteiger charge is 2.10. The number of nitrogens with zero attached hydrogens (tertiary/aromatic N) is 3. The summed E-state index contributed by atoms with van der Waals surface area (Å²) in [5, 5.41) is 6.93. The summed E-state index contributed by atoms with van der Waals surface area (Å²) in [7, 11) is 0. The van der Waals surface area contributed by atoms with E-state index in [9.17, 15) is 4.79 Å². The number of nitrogens with one attached hydrogen (secondary N) is 1. The quantitative estimate of drug-likeness (QED) is 0.771. The summed E-state index contributed by atoms with van der Waals surface area (Å²) in [5.41, 5.74) is 1.04. The van der Waals surface area contributed by atoms with Gasteiger partial charge in [-0.3, -0.25) is 4.79 Å². The molecule has 0 aliphatic rings. The van der Waals surface area contributed by atoms with Gasteiger partial charge in [-0.1, -0.05) is 0 Å². The molecule has 18 heavy (non-hydrogen) atoms. The average molecular weight is 248 g/mol. The Morgan fingerprint density at radius 1 is 1.56 bits per heavy atom. The van der Waals surface area contributed by atoms with Gasteiger partial charge in [0.25, 0.3) is 5.91 Å². The molecule has 0 saturated carbocycles. The molecule has 0 fully saturated rings. The number of amides is 1. The van der Waals surface area contributed by atoms with Gasteiger partial charge in [-0.2, -0.15) is 5.10 Å². The minimum Gasteiger partial charge on any atom is -0.382 e. The zero-order valence-electron chi connectivity index (χ0n) is 10.3. The lowest BCUT2D eigenvalue weighted by molar-refractivity contribution is 0.0939. The number of carbonyl (C=O) groups is 1. The molecule has 0 aliphatic heterocycles. The van der Waals surface area contributed by atoms with Crippen molar-refractivity contribution in [1.29, 1.82) is 0 Å². The largest absolute Gasteiger partial charge is 0.382 e. The highest BCUT2D eigenvalue weighted by atomic mass is 16.5. The van der Waals surface area contributed by atoms with Crippen molar-refractivity contribution in [2.45, 2.75) is 13.3 Å². The summed E-state index contributed by atoms with van der Waals surface area (Å²) in [6.07, 6.45) is 4.22. The summed E-state index contributed by atoms with van der Waals surface area (Å²) in [5.74, 6) is -0.183. The first-order valence-corrected chi connectivity index (χ1v) is 5.97. The van der Waals surface area contributed by atoms with Gasteiger partial charge in [0.05, 0.1) is 0 Å². The van der Waals surface area contributed by atoms with Crippen LogP contribution in [0, 0.1) is 0 Å². The Morgan fingerprint density at radius 2 is 2.44 bits per heavy atom. The standard InChI is InChI=1S/C12H16N4O2/c1-2-18-8-4-6-14-12(17)10-9-11-13-5-3-7-16(11)15-10/h3,5,7,9H,2,4,6,8H2,1H3,(H,14,17). The zero-order chi connectivity index (χ0) is 12.8. The first-order chi connectivity index (χ1) is 8.81. The molecule has 0 bridgehead atoms. The topological polar surface area (TPSA) is 68.5 Å². The van der Waals surface area contributed by atoms with Crippen LogP contribution in [0.25, 0.3) is 5.65 Å². The van der Waals surface area contributed by atoms with Crippen LogP contribution in [-0.4, -0.2) is 40.3 Å². The van der Waals surface area contributed by atoms with Crippen LogP contribution in [0.2, 0.25) is 0 Å². The number of hydrogen-bond acceptors (Lipinski definition) is 4. The van der Waals surface area contributed by atoms with Gasteiger partial charge in [0.15, 0.2) is 11.3 Å². The third kappa shape index (κ3) is 3.04. The van der Waals surface area contributed by atoms with E-state index in [4.69, 9.17) is 4.74 Å². The van der Waals surface area contributed by atoms with Gasteiger partial charge >= 0.3 is 0 Å². The van der Waals surface area contributed by atoms with Crippen LogP contribution >= 0.6 is 0 Å². The lowest BCUT2D eigenvalue weighted by atomic mass is 10.3. The van der Waals surface area contributed by atoms with E-state index in [1.807, 2.05) is 6.92 Å². The molecular weight excluding hydrogens is 232 g/mol. The maximum atomic E-state index is 11.8. The van der Waals surface area contributed by atoms with E-state index in [1.54, 1.807) is 29.0 Å². The Labute approximate surface area is 105 Å². The molecule has 0 radical (unpaired) electrons. The van der Waals surface area contributed by atoms with Crippen LogP contribution in [0.15, 0.2) is 24.5 Å². The fourth-order valence-corrected chi connectivity index (χ4v) is 1.55. The predicted octanol–water partition coefficient (Wildman–Crippen LogP) is 0.886. The van der Waals surface area contributed by atoms with Gasteiger partial charge in [0, 0.05) is 38.2 Å². The van der Waals surface area contributed by atoms with E-state index in [0.717, 1.165) is 6.42 Å². The van der Waals surface area contributed by atoms with E-state index in [0.29, 0.717) is 31.1 Å².